The van der Waals surface area contributed by atoms with Crippen molar-refractivity contribution in [1.29, 1.82) is 0 Å². The lowest BCUT2D eigenvalue weighted by atomic mass is 9.98. The lowest BCUT2D eigenvalue weighted by molar-refractivity contribution is 0.0593. The number of unbranched alkanes of at least 4 members (excludes halogenated alkanes) is 3. The molecule has 2 heterocycles. The van der Waals surface area contributed by atoms with Crippen LogP contribution >= 0.6 is 0 Å². The molecule has 1 atom stereocenters. The fourth-order valence-corrected chi connectivity index (χ4v) is 4.59. The molecule has 1 aromatic heterocycles. The maximum atomic E-state index is 13.9. The Morgan fingerprint density at radius 2 is 1.78 bits per heavy atom. The summed E-state index contributed by atoms with van der Waals surface area (Å²) in [5.41, 5.74) is 0.828. The molecule has 0 radical (unpaired) electrons. The monoisotopic (exact) mass is 495 g/mol. The number of hydrogen-bond donors (Lipinski definition) is 0. The number of amides is 1. The van der Waals surface area contributed by atoms with E-state index >= 15 is 0 Å². The highest BCUT2D eigenvalue weighted by molar-refractivity contribution is 5.99. The van der Waals surface area contributed by atoms with Crippen LogP contribution in [0.3, 0.4) is 0 Å². The first-order chi connectivity index (χ1) is 17.4. The van der Waals surface area contributed by atoms with Crippen molar-refractivity contribution < 1.29 is 23.1 Å². The van der Waals surface area contributed by atoms with Crippen molar-refractivity contribution in [3.05, 3.63) is 75.4 Å². The second-order valence-electron chi connectivity index (χ2n) is 9.47. The number of fused-ring (bicyclic) bond motifs is 2. The maximum absolute atomic E-state index is 13.9. The van der Waals surface area contributed by atoms with E-state index in [4.69, 9.17) is 13.9 Å². The van der Waals surface area contributed by atoms with E-state index in [1.54, 1.807) is 4.90 Å². The van der Waals surface area contributed by atoms with E-state index < -0.39 is 11.9 Å². The zero-order valence-electron chi connectivity index (χ0n) is 21.2. The normalized spacial score (nSPS) is 15.2. The number of carbonyl (C=O) groups is 1. The van der Waals surface area contributed by atoms with Crippen LogP contribution in [0.2, 0.25) is 0 Å². The van der Waals surface area contributed by atoms with Gasteiger partial charge in [-0.1, -0.05) is 38.3 Å². The molecule has 7 heteroatoms. The molecule has 0 bridgehead atoms. The van der Waals surface area contributed by atoms with Crippen LogP contribution < -0.4 is 10.2 Å². The van der Waals surface area contributed by atoms with Gasteiger partial charge in [0, 0.05) is 13.2 Å². The van der Waals surface area contributed by atoms with Crippen molar-refractivity contribution in [2.45, 2.75) is 65.0 Å². The highest BCUT2D eigenvalue weighted by Crippen LogP contribution is 2.38. The van der Waals surface area contributed by atoms with Crippen LogP contribution in [0.5, 0.6) is 5.75 Å². The van der Waals surface area contributed by atoms with Crippen LogP contribution in [-0.2, 0) is 4.74 Å². The Morgan fingerprint density at radius 1 is 1.00 bits per heavy atom. The average molecular weight is 496 g/mol. The Kier molecular flexibility index (Phi) is 8.41. The molecule has 1 unspecified atom stereocenters. The van der Waals surface area contributed by atoms with Crippen molar-refractivity contribution in [1.82, 2.24) is 4.90 Å². The summed E-state index contributed by atoms with van der Waals surface area (Å²) in [5.74, 6) is -0.118. The summed E-state index contributed by atoms with van der Waals surface area (Å²) >= 11 is 0. The SMILES string of the molecule is CCCCCCOc1ccc(C2c3c(oc4ccc(F)cc4c3=O)C(=O)N2CCCOC(C)C)cc1. The predicted octanol–water partition coefficient (Wildman–Crippen LogP) is 6.25. The van der Waals surface area contributed by atoms with Gasteiger partial charge in [-0.3, -0.25) is 9.59 Å². The Labute approximate surface area is 211 Å². The zero-order chi connectivity index (χ0) is 25.7. The van der Waals surface area contributed by atoms with Gasteiger partial charge < -0.3 is 18.8 Å². The van der Waals surface area contributed by atoms with E-state index in [1.165, 1.54) is 25.0 Å². The van der Waals surface area contributed by atoms with Gasteiger partial charge in [-0.15, -0.1) is 0 Å². The number of ether oxygens (including phenoxy) is 2. The largest absolute Gasteiger partial charge is 0.494 e. The highest BCUT2D eigenvalue weighted by Gasteiger charge is 2.42. The third-order valence-electron chi connectivity index (χ3n) is 6.38. The molecular weight excluding hydrogens is 461 g/mol. The molecule has 192 valence electrons. The number of halogens is 1. The molecule has 6 nitrogen and oxygen atoms in total. The molecule has 0 spiro atoms. The molecular formula is C29H34FNO5. The lowest BCUT2D eigenvalue weighted by Gasteiger charge is -2.25. The summed E-state index contributed by atoms with van der Waals surface area (Å²) in [6.45, 7) is 7.62. The Balaban J connectivity index is 1.65. The van der Waals surface area contributed by atoms with Gasteiger partial charge in [0.15, 0.2) is 5.43 Å². The van der Waals surface area contributed by atoms with Crippen LogP contribution in [-0.4, -0.2) is 36.7 Å². The van der Waals surface area contributed by atoms with Crippen molar-refractivity contribution >= 4 is 16.9 Å². The topological polar surface area (TPSA) is 69.0 Å². The van der Waals surface area contributed by atoms with E-state index in [0.29, 0.717) is 26.2 Å². The van der Waals surface area contributed by atoms with Gasteiger partial charge in [-0.05, 0) is 62.6 Å². The molecule has 4 rings (SSSR count). The molecule has 0 N–H and O–H groups in total. The maximum Gasteiger partial charge on any atom is 0.290 e. The Morgan fingerprint density at radius 3 is 2.50 bits per heavy atom. The van der Waals surface area contributed by atoms with Gasteiger partial charge in [0.25, 0.3) is 5.91 Å². The molecule has 1 aliphatic rings. The molecule has 36 heavy (non-hydrogen) atoms. The first-order valence-electron chi connectivity index (χ1n) is 12.8. The van der Waals surface area contributed by atoms with Gasteiger partial charge in [-0.2, -0.15) is 0 Å². The van der Waals surface area contributed by atoms with Crippen LogP contribution in [0.15, 0.2) is 51.7 Å². The second kappa shape index (κ2) is 11.7. The molecule has 3 aromatic rings. The predicted molar refractivity (Wildman–Crippen MR) is 137 cm³/mol. The van der Waals surface area contributed by atoms with E-state index in [0.717, 1.165) is 30.2 Å². The quantitative estimate of drug-likeness (QED) is 0.278. The minimum absolute atomic E-state index is 0.0186. The summed E-state index contributed by atoms with van der Waals surface area (Å²) in [5, 5.41) is 0.128. The van der Waals surface area contributed by atoms with Crippen LogP contribution in [0.4, 0.5) is 4.39 Å². The van der Waals surface area contributed by atoms with Gasteiger partial charge in [-0.25, -0.2) is 4.39 Å². The minimum Gasteiger partial charge on any atom is -0.494 e. The number of carbonyl (C=O) groups excluding carboxylic acids is 1. The summed E-state index contributed by atoms with van der Waals surface area (Å²) < 4.78 is 31.3. The fourth-order valence-electron chi connectivity index (χ4n) is 4.59. The Bertz CT molecular complexity index is 1250. The molecule has 0 fully saturated rings. The van der Waals surface area contributed by atoms with Gasteiger partial charge in [0.1, 0.15) is 17.1 Å². The number of hydrogen-bond acceptors (Lipinski definition) is 5. The molecule has 1 aliphatic heterocycles. The first-order valence-corrected chi connectivity index (χ1v) is 12.8. The van der Waals surface area contributed by atoms with E-state index in [1.807, 2.05) is 38.1 Å². The van der Waals surface area contributed by atoms with Crippen LogP contribution in [0.25, 0.3) is 11.0 Å². The van der Waals surface area contributed by atoms with Crippen molar-refractivity contribution in [3.8, 4) is 5.75 Å². The lowest BCUT2D eigenvalue weighted by Crippen LogP contribution is -2.31. The first kappa shape index (κ1) is 25.9. The third-order valence-corrected chi connectivity index (χ3v) is 6.38. The summed E-state index contributed by atoms with van der Waals surface area (Å²) in [7, 11) is 0. The third kappa shape index (κ3) is 5.62. The molecule has 1 amide bonds. The molecule has 0 saturated heterocycles. The van der Waals surface area contributed by atoms with Crippen molar-refractivity contribution in [2.75, 3.05) is 19.8 Å². The molecule has 0 saturated carbocycles. The van der Waals surface area contributed by atoms with E-state index in [-0.39, 0.29) is 39.7 Å². The molecule has 0 aliphatic carbocycles. The second-order valence-corrected chi connectivity index (χ2v) is 9.47. The van der Waals surface area contributed by atoms with Gasteiger partial charge in [0.2, 0.25) is 5.76 Å². The van der Waals surface area contributed by atoms with Crippen molar-refractivity contribution in [3.63, 3.8) is 0 Å². The highest BCUT2D eigenvalue weighted by atomic mass is 19.1. The van der Waals surface area contributed by atoms with Gasteiger partial charge >= 0.3 is 0 Å². The fraction of sp³-hybridized carbons (Fsp3) is 0.448. The summed E-state index contributed by atoms with van der Waals surface area (Å²) in [6.07, 6.45) is 5.19. The van der Waals surface area contributed by atoms with E-state index in [9.17, 15) is 14.0 Å². The molecule has 2 aromatic carbocycles. The minimum atomic E-state index is -0.630. The number of rotatable bonds is 12. The van der Waals surface area contributed by atoms with Crippen LogP contribution in [0, 0.1) is 5.82 Å². The standard InChI is InChI=1S/C29H34FNO5/c1-4-5-6-7-16-35-22-12-9-20(10-13-22)26-25-27(32)23-18-21(30)11-14-24(23)36-28(25)29(33)31(26)15-8-17-34-19(2)3/h9-14,18-19,26H,4-8,15-17H2,1-3H3. The van der Waals surface area contributed by atoms with Gasteiger partial charge in [0.05, 0.1) is 29.7 Å². The van der Waals surface area contributed by atoms with Crippen molar-refractivity contribution in [2.24, 2.45) is 0 Å². The smallest absolute Gasteiger partial charge is 0.290 e. The summed E-state index contributed by atoms with van der Waals surface area (Å²) in [6, 6.07) is 10.6. The number of nitrogens with zero attached hydrogens (tertiary/aromatic N) is 1. The van der Waals surface area contributed by atoms with Crippen LogP contribution in [0.1, 0.15) is 80.6 Å². The van der Waals surface area contributed by atoms with E-state index in [2.05, 4.69) is 6.92 Å². The Hall–Kier alpha value is -3.19. The average Bonchev–Trinajstić information content (AvgIpc) is 3.14. The summed E-state index contributed by atoms with van der Waals surface area (Å²) in [4.78, 5) is 28.6. The number of benzene rings is 2. The zero-order valence-corrected chi connectivity index (χ0v) is 21.2.